The van der Waals surface area contributed by atoms with E-state index in [0.717, 1.165) is 12.0 Å². The van der Waals surface area contributed by atoms with Gasteiger partial charge in [0.1, 0.15) is 0 Å². The fourth-order valence-corrected chi connectivity index (χ4v) is 1.86. The van der Waals surface area contributed by atoms with Crippen molar-refractivity contribution in [2.75, 3.05) is 11.1 Å². The molecule has 0 atom stereocenters. The lowest BCUT2D eigenvalue weighted by Gasteiger charge is -2.09. The van der Waals surface area contributed by atoms with Crippen molar-refractivity contribution in [3.63, 3.8) is 0 Å². The van der Waals surface area contributed by atoms with Crippen LogP contribution in [0.1, 0.15) is 22.8 Å². The van der Waals surface area contributed by atoms with Gasteiger partial charge < -0.3 is 11.1 Å². The summed E-state index contributed by atoms with van der Waals surface area (Å²) in [6, 6.07) is 8.82. The van der Waals surface area contributed by atoms with Gasteiger partial charge in [-0.15, -0.1) is 0 Å². The quantitative estimate of drug-likeness (QED) is 0.668. The lowest BCUT2D eigenvalue weighted by molar-refractivity contribution is 0.102. The van der Waals surface area contributed by atoms with Crippen molar-refractivity contribution in [1.29, 1.82) is 0 Å². The van der Waals surface area contributed by atoms with Gasteiger partial charge in [-0.05, 0) is 36.2 Å². The van der Waals surface area contributed by atoms with E-state index in [2.05, 4.69) is 10.3 Å². The van der Waals surface area contributed by atoms with Gasteiger partial charge >= 0.3 is 0 Å². The highest BCUT2D eigenvalue weighted by Gasteiger charge is 2.12. The number of carbonyl (C=O) groups is 1. The summed E-state index contributed by atoms with van der Waals surface area (Å²) in [5, 5.41) is 2.96. The summed E-state index contributed by atoms with van der Waals surface area (Å²) in [4.78, 5) is 16.1. The highest BCUT2D eigenvalue weighted by Crippen LogP contribution is 2.21. The molecule has 3 N–H and O–H groups in total. The van der Waals surface area contributed by atoms with Crippen LogP contribution in [0, 0.1) is 0 Å². The Hall–Kier alpha value is -2.07. The van der Waals surface area contributed by atoms with Crippen LogP contribution in [-0.4, -0.2) is 10.9 Å². The molecule has 0 saturated heterocycles. The molecule has 2 rings (SSSR count). The molecule has 0 aliphatic carbocycles. The van der Waals surface area contributed by atoms with Crippen LogP contribution in [0.5, 0.6) is 0 Å². The number of nitrogens with zero attached hydrogens (tertiary/aromatic N) is 1. The van der Waals surface area contributed by atoms with E-state index < -0.39 is 0 Å². The van der Waals surface area contributed by atoms with Crippen molar-refractivity contribution in [3.05, 3.63) is 52.8 Å². The van der Waals surface area contributed by atoms with Gasteiger partial charge in [-0.3, -0.25) is 4.79 Å². The van der Waals surface area contributed by atoms with E-state index in [1.165, 1.54) is 0 Å². The van der Waals surface area contributed by atoms with E-state index in [1.807, 2.05) is 13.0 Å². The molecular weight excluding hydrogens is 262 g/mol. The van der Waals surface area contributed by atoms with Gasteiger partial charge in [0.05, 0.1) is 11.3 Å². The van der Waals surface area contributed by atoms with E-state index in [0.29, 0.717) is 16.9 Å². The highest BCUT2D eigenvalue weighted by molar-refractivity contribution is 6.32. The largest absolute Gasteiger partial charge is 0.398 e. The number of nitrogens with one attached hydrogen (secondary N) is 1. The molecule has 0 radical (unpaired) electrons. The third kappa shape index (κ3) is 3.03. The molecule has 0 aliphatic rings. The number of benzene rings is 1. The van der Waals surface area contributed by atoms with Gasteiger partial charge in [-0.2, -0.15) is 0 Å². The van der Waals surface area contributed by atoms with Gasteiger partial charge in [0.15, 0.2) is 5.15 Å². The van der Waals surface area contributed by atoms with Crippen LogP contribution >= 0.6 is 11.6 Å². The second kappa shape index (κ2) is 5.71. The van der Waals surface area contributed by atoms with Crippen LogP contribution in [0.2, 0.25) is 5.15 Å². The standard InChI is InChI=1S/C14H14ClN3O/c1-2-9-5-6-11(16)10(8-9)14(19)18-12-4-3-7-17-13(12)15/h3-8H,2,16H2,1H3,(H,18,19). The van der Waals surface area contributed by atoms with Crippen LogP contribution in [0.3, 0.4) is 0 Å². The summed E-state index contributed by atoms with van der Waals surface area (Å²) in [5.74, 6) is -0.289. The maximum atomic E-state index is 12.2. The van der Waals surface area contributed by atoms with Crippen LogP contribution in [0.25, 0.3) is 0 Å². The Balaban J connectivity index is 2.28. The first-order chi connectivity index (χ1) is 9.11. The molecule has 98 valence electrons. The minimum atomic E-state index is -0.289. The zero-order valence-corrected chi connectivity index (χ0v) is 11.2. The molecule has 19 heavy (non-hydrogen) atoms. The molecule has 0 fully saturated rings. The molecule has 0 saturated carbocycles. The smallest absolute Gasteiger partial charge is 0.257 e. The van der Waals surface area contributed by atoms with Crippen molar-refractivity contribution in [1.82, 2.24) is 4.98 Å². The molecule has 0 aliphatic heterocycles. The second-order valence-electron chi connectivity index (χ2n) is 4.07. The molecule has 5 heteroatoms. The Morgan fingerprint density at radius 3 is 2.89 bits per heavy atom. The van der Waals surface area contributed by atoms with Crippen molar-refractivity contribution >= 4 is 28.9 Å². The number of rotatable bonds is 3. The maximum absolute atomic E-state index is 12.2. The summed E-state index contributed by atoms with van der Waals surface area (Å²) in [6.07, 6.45) is 2.40. The Bertz CT molecular complexity index is 613. The molecule has 0 unspecified atom stereocenters. The zero-order chi connectivity index (χ0) is 13.8. The van der Waals surface area contributed by atoms with Crippen LogP contribution in [0.15, 0.2) is 36.5 Å². The van der Waals surface area contributed by atoms with Gasteiger partial charge in [-0.25, -0.2) is 4.98 Å². The van der Waals surface area contributed by atoms with E-state index in [4.69, 9.17) is 17.3 Å². The lowest BCUT2D eigenvalue weighted by atomic mass is 10.1. The fourth-order valence-electron chi connectivity index (χ4n) is 1.69. The molecule has 1 aromatic carbocycles. The highest BCUT2D eigenvalue weighted by atomic mass is 35.5. The number of aryl methyl sites for hydroxylation is 1. The minimum Gasteiger partial charge on any atom is -0.398 e. The van der Waals surface area contributed by atoms with Gasteiger partial charge in [0, 0.05) is 11.9 Å². The number of nitrogen functional groups attached to an aromatic ring is 1. The molecule has 0 bridgehead atoms. The zero-order valence-electron chi connectivity index (χ0n) is 10.5. The third-order valence-corrected chi connectivity index (χ3v) is 3.08. The molecular formula is C14H14ClN3O. The van der Waals surface area contributed by atoms with Crippen molar-refractivity contribution < 1.29 is 4.79 Å². The van der Waals surface area contributed by atoms with Crippen LogP contribution in [0.4, 0.5) is 11.4 Å². The summed E-state index contributed by atoms with van der Waals surface area (Å²) in [5.41, 5.74) is 8.23. The summed E-state index contributed by atoms with van der Waals surface area (Å²) >= 11 is 5.90. The lowest BCUT2D eigenvalue weighted by Crippen LogP contribution is -2.15. The Morgan fingerprint density at radius 2 is 2.21 bits per heavy atom. The second-order valence-corrected chi connectivity index (χ2v) is 4.43. The average Bonchev–Trinajstić information content (AvgIpc) is 2.42. The first-order valence-corrected chi connectivity index (χ1v) is 6.30. The van der Waals surface area contributed by atoms with E-state index in [1.54, 1.807) is 30.5 Å². The minimum absolute atomic E-state index is 0.251. The number of carbonyl (C=O) groups excluding carboxylic acids is 1. The van der Waals surface area contributed by atoms with E-state index in [-0.39, 0.29) is 11.1 Å². The van der Waals surface area contributed by atoms with Gasteiger partial charge in [0.25, 0.3) is 5.91 Å². The van der Waals surface area contributed by atoms with E-state index in [9.17, 15) is 4.79 Å². The SMILES string of the molecule is CCc1ccc(N)c(C(=O)Nc2cccnc2Cl)c1. The summed E-state index contributed by atoms with van der Waals surface area (Å²) in [7, 11) is 0. The predicted octanol–water partition coefficient (Wildman–Crippen LogP) is 3.13. The first kappa shape index (κ1) is 13.4. The monoisotopic (exact) mass is 275 g/mol. The first-order valence-electron chi connectivity index (χ1n) is 5.92. The van der Waals surface area contributed by atoms with Crippen molar-refractivity contribution in [3.8, 4) is 0 Å². The number of halogens is 1. The summed E-state index contributed by atoms with van der Waals surface area (Å²) in [6.45, 7) is 2.02. The Kier molecular flexibility index (Phi) is 4.02. The van der Waals surface area contributed by atoms with Crippen molar-refractivity contribution in [2.24, 2.45) is 0 Å². The van der Waals surface area contributed by atoms with Gasteiger partial charge in [0.2, 0.25) is 0 Å². The number of hydrogen-bond acceptors (Lipinski definition) is 3. The summed E-state index contributed by atoms with van der Waals surface area (Å²) < 4.78 is 0. The number of amides is 1. The number of nitrogens with two attached hydrogens (primary N) is 1. The fraction of sp³-hybridized carbons (Fsp3) is 0.143. The Morgan fingerprint density at radius 1 is 1.42 bits per heavy atom. The van der Waals surface area contributed by atoms with Crippen LogP contribution in [-0.2, 0) is 6.42 Å². The molecule has 0 spiro atoms. The number of hydrogen-bond donors (Lipinski definition) is 2. The number of aromatic nitrogens is 1. The predicted molar refractivity (Wildman–Crippen MR) is 77.4 cm³/mol. The molecule has 1 amide bonds. The van der Waals surface area contributed by atoms with E-state index >= 15 is 0 Å². The molecule has 1 heterocycles. The molecule has 2 aromatic rings. The molecule has 1 aromatic heterocycles. The number of pyridine rings is 1. The third-order valence-electron chi connectivity index (χ3n) is 2.78. The van der Waals surface area contributed by atoms with Crippen LogP contribution < -0.4 is 11.1 Å². The van der Waals surface area contributed by atoms with Crippen molar-refractivity contribution in [2.45, 2.75) is 13.3 Å². The van der Waals surface area contributed by atoms with Gasteiger partial charge in [-0.1, -0.05) is 24.6 Å². The Labute approximate surface area is 116 Å². The normalized spacial score (nSPS) is 10.2. The topological polar surface area (TPSA) is 68.0 Å². The number of anilines is 2. The maximum Gasteiger partial charge on any atom is 0.257 e. The molecule has 4 nitrogen and oxygen atoms in total. The average molecular weight is 276 g/mol.